The fourth-order valence-electron chi connectivity index (χ4n) is 8.93. The molecule has 6 amide bonds. The lowest BCUT2D eigenvalue weighted by molar-refractivity contribution is -0.136. The standard InChI is InChI=1S/C44H52ClN11O6/c45-29-10-8-28(9-11-29)32(51-43(62)44(46)16-21-55(22-17-44)39-31-14-19-48-38(31)49-27-50-39)15-20-53-23-25-54(26-24-53)36(58)7-2-1-3-18-47-33-6-4-5-30-37(33)42(61)56(41(30)60)34-12-13-35(57)52-40(34)59/h4-6,8-11,14,19,27,32,34,47H,1-3,7,12-13,15-18,20-26,46H2,(H,51,62)(H,48,49,50)(H,52,57,59)/t32-,34?/m0/s1. The Kier molecular flexibility index (Phi) is 12.8. The minimum atomic E-state index is -1.03. The molecule has 0 saturated carbocycles. The monoisotopic (exact) mass is 865 g/mol. The van der Waals surface area contributed by atoms with Crippen molar-refractivity contribution in [1.29, 1.82) is 0 Å². The molecule has 326 valence electrons. The van der Waals surface area contributed by atoms with Crippen molar-refractivity contribution >= 4 is 69.6 Å². The Labute approximate surface area is 364 Å². The van der Waals surface area contributed by atoms with Gasteiger partial charge in [-0.2, -0.15) is 0 Å². The van der Waals surface area contributed by atoms with Crippen molar-refractivity contribution in [2.75, 3.05) is 62.6 Å². The molecule has 0 bridgehead atoms. The molecule has 2 aromatic heterocycles. The maximum atomic E-state index is 13.9. The zero-order valence-electron chi connectivity index (χ0n) is 34.5. The summed E-state index contributed by atoms with van der Waals surface area (Å²) in [6.07, 6.45) is 7.86. The number of hydrogen-bond acceptors (Lipinski definition) is 12. The van der Waals surface area contributed by atoms with Crippen LogP contribution >= 0.6 is 11.6 Å². The molecular weight excluding hydrogens is 814 g/mol. The van der Waals surface area contributed by atoms with Crippen LogP contribution < -0.4 is 26.6 Å². The molecule has 17 nitrogen and oxygen atoms in total. The zero-order valence-corrected chi connectivity index (χ0v) is 35.3. The SMILES string of the molecule is NC1(C(=O)N[C@@H](CCN2CCN(C(=O)CCCCCNc3cccc4c3C(=O)N(C3CCC(=O)NC3=O)C4=O)CC2)c2ccc(Cl)cc2)CCN(c2ncnc3[nH]ccc23)CC1. The van der Waals surface area contributed by atoms with Gasteiger partial charge in [0.05, 0.1) is 28.1 Å². The molecule has 2 atom stereocenters. The first kappa shape index (κ1) is 42.8. The van der Waals surface area contributed by atoms with Gasteiger partial charge in [0.25, 0.3) is 11.8 Å². The molecule has 18 heteroatoms. The van der Waals surface area contributed by atoms with E-state index < -0.39 is 35.2 Å². The average Bonchev–Trinajstić information content (AvgIpc) is 3.86. The molecule has 62 heavy (non-hydrogen) atoms. The number of hydrogen-bond donors (Lipinski definition) is 5. The highest BCUT2D eigenvalue weighted by molar-refractivity contribution is 6.30. The smallest absolute Gasteiger partial charge is 0.264 e. The van der Waals surface area contributed by atoms with Crippen molar-refractivity contribution in [2.45, 2.75) is 75.4 Å². The van der Waals surface area contributed by atoms with Crippen LogP contribution in [0.4, 0.5) is 11.5 Å². The summed E-state index contributed by atoms with van der Waals surface area (Å²) in [5, 5.41) is 10.3. The number of fused-ring (bicyclic) bond motifs is 2. The molecule has 3 fully saturated rings. The van der Waals surface area contributed by atoms with Gasteiger partial charge >= 0.3 is 0 Å². The van der Waals surface area contributed by atoms with Crippen LogP contribution in [0.5, 0.6) is 0 Å². The molecule has 4 aliphatic rings. The van der Waals surface area contributed by atoms with Crippen molar-refractivity contribution in [3.05, 3.63) is 82.8 Å². The van der Waals surface area contributed by atoms with Crippen LogP contribution in [0.25, 0.3) is 11.0 Å². The second-order valence-electron chi connectivity index (χ2n) is 16.6. The Morgan fingerprint density at radius 1 is 0.919 bits per heavy atom. The van der Waals surface area contributed by atoms with Crippen LogP contribution in [-0.2, 0) is 19.2 Å². The number of halogens is 1. The average molecular weight is 866 g/mol. The summed E-state index contributed by atoms with van der Waals surface area (Å²) in [7, 11) is 0. The molecule has 4 aromatic rings. The number of anilines is 2. The number of amides is 6. The van der Waals surface area contributed by atoms with E-state index in [1.165, 1.54) is 0 Å². The third kappa shape index (κ3) is 9.15. The molecular formula is C44H52ClN11O6. The van der Waals surface area contributed by atoms with Crippen molar-refractivity contribution in [1.82, 2.24) is 40.3 Å². The van der Waals surface area contributed by atoms with Crippen LogP contribution in [0.2, 0.25) is 5.02 Å². The van der Waals surface area contributed by atoms with Crippen LogP contribution in [0.15, 0.2) is 61.1 Å². The van der Waals surface area contributed by atoms with E-state index in [2.05, 4.69) is 40.7 Å². The lowest BCUT2D eigenvalue weighted by Crippen LogP contribution is -2.60. The molecule has 3 saturated heterocycles. The molecule has 8 rings (SSSR count). The molecule has 6 N–H and O–H groups in total. The Morgan fingerprint density at radius 2 is 1.69 bits per heavy atom. The predicted octanol–water partition coefficient (Wildman–Crippen LogP) is 3.37. The minimum Gasteiger partial charge on any atom is -0.384 e. The lowest BCUT2D eigenvalue weighted by Gasteiger charge is -2.39. The van der Waals surface area contributed by atoms with Crippen molar-refractivity contribution in [3.8, 4) is 0 Å². The number of aromatic nitrogens is 3. The third-order valence-corrected chi connectivity index (χ3v) is 12.9. The number of carbonyl (C=O) groups excluding carboxylic acids is 6. The van der Waals surface area contributed by atoms with Crippen molar-refractivity contribution in [2.24, 2.45) is 5.73 Å². The lowest BCUT2D eigenvalue weighted by atomic mass is 9.87. The Hall–Kier alpha value is -5.91. The molecule has 4 aliphatic heterocycles. The van der Waals surface area contributed by atoms with Crippen LogP contribution in [0.1, 0.15) is 90.1 Å². The van der Waals surface area contributed by atoms with Crippen LogP contribution in [-0.4, -0.2) is 129 Å². The van der Waals surface area contributed by atoms with Gasteiger partial charge in [0, 0.05) is 82.1 Å². The largest absolute Gasteiger partial charge is 0.384 e. The van der Waals surface area contributed by atoms with Gasteiger partial charge in [-0.05, 0) is 74.4 Å². The number of nitrogens with zero attached hydrogens (tertiary/aromatic N) is 6. The second-order valence-corrected chi connectivity index (χ2v) is 17.0. The summed E-state index contributed by atoms with van der Waals surface area (Å²) < 4.78 is 0. The summed E-state index contributed by atoms with van der Waals surface area (Å²) in [5.41, 5.74) is 8.50. The molecule has 0 aliphatic carbocycles. The van der Waals surface area contributed by atoms with Gasteiger partial charge in [0.2, 0.25) is 23.6 Å². The Bertz CT molecular complexity index is 2340. The van der Waals surface area contributed by atoms with E-state index in [4.69, 9.17) is 17.3 Å². The van der Waals surface area contributed by atoms with E-state index >= 15 is 0 Å². The normalized spacial score (nSPS) is 19.7. The van der Waals surface area contributed by atoms with Gasteiger partial charge in [-0.3, -0.25) is 43.9 Å². The highest BCUT2D eigenvalue weighted by Crippen LogP contribution is 2.33. The first-order valence-electron chi connectivity index (χ1n) is 21.5. The van der Waals surface area contributed by atoms with Crippen LogP contribution in [0, 0.1) is 0 Å². The van der Waals surface area contributed by atoms with E-state index in [-0.39, 0.29) is 41.8 Å². The highest BCUT2D eigenvalue weighted by atomic mass is 35.5. The summed E-state index contributed by atoms with van der Waals surface area (Å²) >= 11 is 6.23. The van der Waals surface area contributed by atoms with Crippen LogP contribution in [0.3, 0.4) is 0 Å². The van der Waals surface area contributed by atoms with Crippen molar-refractivity contribution in [3.63, 3.8) is 0 Å². The number of piperazine rings is 1. The maximum absolute atomic E-state index is 13.9. The van der Waals surface area contributed by atoms with Gasteiger partial charge < -0.3 is 31.2 Å². The molecule has 1 unspecified atom stereocenters. The van der Waals surface area contributed by atoms with Gasteiger partial charge in [-0.25, -0.2) is 9.97 Å². The number of nitrogens with one attached hydrogen (secondary N) is 4. The first-order chi connectivity index (χ1) is 30.0. The van der Waals surface area contributed by atoms with E-state index in [1.807, 2.05) is 41.4 Å². The van der Waals surface area contributed by atoms with Gasteiger partial charge in [-0.1, -0.05) is 36.2 Å². The Balaban J connectivity index is 0.762. The van der Waals surface area contributed by atoms with E-state index in [0.29, 0.717) is 69.1 Å². The minimum absolute atomic E-state index is 0.0604. The number of imide groups is 2. The number of nitrogens with two attached hydrogens (primary N) is 1. The topological polar surface area (TPSA) is 219 Å². The summed E-state index contributed by atoms with van der Waals surface area (Å²) in [5.74, 6) is -1.37. The number of piperidine rings is 2. The first-order valence-corrected chi connectivity index (χ1v) is 21.8. The van der Waals surface area contributed by atoms with E-state index in [1.54, 1.807) is 24.5 Å². The molecule has 2 aromatic carbocycles. The fraction of sp³-hybridized carbons (Fsp3) is 0.455. The quantitative estimate of drug-likeness (QED) is 0.0859. The molecule has 6 heterocycles. The van der Waals surface area contributed by atoms with Gasteiger partial charge in [0.15, 0.2) is 0 Å². The maximum Gasteiger partial charge on any atom is 0.264 e. The number of H-pyrrole nitrogens is 1. The van der Waals surface area contributed by atoms with Crippen molar-refractivity contribution < 1.29 is 28.8 Å². The summed E-state index contributed by atoms with van der Waals surface area (Å²) in [6.45, 7) is 5.16. The van der Waals surface area contributed by atoms with E-state index in [9.17, 15) is 28.8 Å². The zero-order chi connectivity index (χ0) is 43.4. The summed E-state index contributed by atoms with van der Waals surface area (Å²) in [6, 6.07) is 13.2. The number of benzene rings is 2. The summed E-state index contributed by atoms with van der Waals surface area (Å²) in [4.78, 5) is 96.9. The molecule has 0 radical (unpaired) electrons. The van der Waals surface area contributed by atoms with Gasteiger partial charge in [-0.15, -0.1) is 0 Å². The third-order valence-electron chi connectivity index (χ3n) is 12.6. The fourth-order valence-corrected chi connectivity index (χ4v) is 9.05. The Morgan fingerprint density at radius 3 is 2.45 bits per heavy atom. The number of rotatable bonds is 15. The molecule has 0 spiro atoms. The second kappa shape index (κ2) is 18.6. The number of unbranched alkanes of at least 4 members (excludes halogenated alkanes) is 2. The van der Waals surface area contributed by atoms with E-state index in [0.717, 1.165) is 66.2 Å². The number of carbonyl (C=O) groups is 6. The predicted molar refractivity (Wildman–Crippen MR) is 232 cm³/mol. The number of aromatic amines is 1. The van der Waals surface area contributed by atoms with Gasteiger partial charge in [0.1, 0.15) is 23.8 Å². The highest BCUT2D eigenvalue weighted by Gasteiger charge is 2.46.